The molecule has 1 aromatic heterocycles. The van der Waals surface area contributed by atoms with Crippen molar-refractivity contribution in [3.63, 3.8) is 0 Å². The van der Waals surface area contributed by atoms with Crippen LogP contribution in [0, 0.1) is 5.92 Å². The van der Waals surface area contributed by atoms with E-state index in [1.54, 1.807) is 12.1 Å². The highest BCUT2D eigenvalue weighted by Crippen LogP contribution is 2.34. The predicted octanol–water partition coefficient (Wildman–Crippen LogP) is 1.80. The van der Waals surface area contributed by atoms with Gasteiger partial charge >= 0.3 is 0 Å². The van der Waals surface area contributed by atoms with Crippen LogP contribution in [0.4, 0.5) is 5.82 Å². The maximum atomic E-state index is 12.1. The molecule has 1 atom stereocenters. The molecule has 1 fully saturated rings. The van der Waals surface area contributed by atoms with Crippen molar-refractivity contribution in [2.24, 2.45) is 5.92 Å². The molecule has 2 aliphatic rings. The SMILES string of the molecule is O=S1(=O)CCc2c1ccc1ncnc(NCC3CCCOC3)c21. The molecule has 23 heavy (non-hydrogen) atoms. The topological polar surface area (TPSA) is 81.2 Å². The molecule has 1 saturated heterocycles. The number of benzene rings is 1. The first-order valence-electron chi connectivity index (χ1n) is 7.96. The van der Waals surface area contributed by atoms with Crippen molar-refractivity contribution in [3.8, 4) is 0 Å². The van der Waals surface area contributed by atoms with Crippen LogP contribution in [-0.4, -0.2) is 43.9 Å². The summed E-state index contributed by atoms with van der Waals surface area (Å²) < 4.78 is 29.8. The highest BCUT2D eigenvalue weighted by molar-refractivity contribution is 7.91. The van der Waals surface area contributed by atoms with Gasteiger partial charge in [0, 0.05) is 18.5 Å². The van der Waals surface area contributed by atoms with E-state index in [1.165, 1.54) is 6.33 Å². The Morgan fingerprint density at radius 2 is 2.22 bits per heavy atom. The number of anilines is 1. The van der Waals surface area contributed by atoms with Gasteiger partial charge in [0.05, 0.1) is 22.8 Å². The molecule has 1 N–H and O–H groups in total. The van der Waals surface area contributed by atoms with E-state index in [1.807, 2.05) is 0 Å². The highest BCUT2D eigenvalue weighted by Gasteiger charge is 2.29. The van der Waals surface area contributed by atoms with Gasteiger partial charge in [-0.25, -0.2) is 18.4 Å². The Bertz CT molecular complexity index is 845. The lowest BCUT2D eigenvalue weighted by molar-refractivity contribution is 0.0595. The molecule has 0 amide bonds. The van der Waals surface area contributed by atoms with Gasteiger partial charge < -0.3 is 10.1 Å². The fourth-order valence-corrected chi connectivity index (χ4v) is 4.98. The third-order valence-corrected chi connectivity index (χ3v) is 6.43. The molecule has 1 aromatic carbocycles. The number of rotatable bonds is 3. The largest absolute Gasteiger partial charge is 0.381 e. The highest BCUT2D eigenvalue weighted by atomic mass is 32.2. The molecule has 4 rings (SSSR count). The number of aromatic nitrogens is 2. The van der Waals surface area contributed by atoms with Crippen LogP contribution >= 0.6 is 0 Å². The van der Waals surface area contributed by atoms with Crippen LogP contribution in [0.3, 0.4) is 0 Å². The van der Waals surface area contributed by atoms with Gasteiger partial charge in [-0.15, -0.1) is 0 Å². The lowest BCUT2D eigenvalue weighted by Crippen LogP contribution is -2.24. The van der Waals surface area contributed by atoms with Crippen molar-refractivity contribution in [3.05, 3.63) is 24.0 Å². The molecule has 1 unspecified atom stereocenters. The maximum absolute atomic E-state index is 12.1. The number of nitrogens with one attached hydrogen (secondary N) is 1. The van der Waals surface area contributed by atoms with Gasteiger partial charge in [-0.1, -0.05) is 0 Å². The summed E-state index contributed by atoms with van der Waals surface area (Å²) >= 11 is 0. The van der Waals surface area contributed by atoms with Crippen molar-refractivity contribution in [2.45, 2.75) is 24.2 Å². The number of aryl methyl sites for hydroxylation is 1. The monoisotopic (exact) mass is 333 g/mol. The second-order valence-corrected chi connectivity index (χ2v) is 8.27. The summed E-state index contributed by atoms with van der Waals surface area (Å²) in [5, 5.41) is 4.24. The van der Waals surface area contributed by atoms with Crippen LogP contribution in [0.2, 0.25) is 0 Å². The van der Waals surface area contributed by atoms with Crippen LogP contribution in [0.15, 0.2) is 23.4 Å². The number of nitrogens with zero attached hydrogens (tertiary/aromatic N) is 2. The van der Waals surface area contributed by atoms with Crippen molar-refractivity contribution >= 4 is 26.6 Å². The molecule has 2 aliphatic heterocycles. The van der Waals surface area contributed by atoms with E-state index >= 15 is 0 Å². The van der Waals surface area contributed by atoms with Crippen LogP contribution in [0.5, 0.6) is 0 Å². The maximum Gasteiger partial charge on any atom is 0.179 e. The molecule has 2 aromatic rings. The van der Waals surface area contributed by atoms with Crippen molar-refractivity contribution < 1.29 is 13.2 Å². The summed E-state index contributed by atoms with van der Waals surface area (Å²) in [6.45, 7) is 2.39. The summed E-state index contributed by atoms with van der Waals surface area (Å²) in [6.07, 6.45) is 4.29. The lowest BCUT2D eigenvalue weighted by atomic mass is 10.0. The molecule has 7 heteroatoms. The molecule has 122 valence electrons. The Kier molecular flexibility index (Phi) is 3.69. The fraction of sp³-hybridized carbons (Fsp3) is 0.500. The number of fused-ring (bicyclic) bond motifs is 3. The Morgan fingerprint density at radius 3 is 3.04 bits per heavy atom. The first kappa shape index (κ1) is 14.8. The van der Waals surface area contributed by atoms with Gasteiger partial charge in [0.15, 0.2) is 9.84 Å². The van der Waals surface area contributed by atoms with Crippen molar-refractivity contribution in [1.29, 1.82) is 0 Å². The first-order valence-corrected chi connectivity index (χ1v) is 9.61. The van der Waals surface area contributed by atoms with Gasteiger partial charge in [0.2, 0.25) is 0 Å². The fourth-order valence-electron chi connectivity index (χ4n) is 3.43. The molecule has 0 aliphatic carbocycles. The number of sulfone groups is 1. The lowest BCUT2D eigenvalue weighted by Gasteiger charge is -2.22. The van der Waals surface area contributed by atoms with E-state index in [0.29, 0.717) is 17.2 Å². The molecule has 0 bridgehead atoms. The number of ether oxygens (including phenoxy) is 1. The zero-order chi connectivity index (χ0) is 15.9. The Hall–Kier alpha value is -1.73. The number of hydrogen-bond acceptors (Lipinski definition) is 6. The van der Waals surface area contributed by atoms with Gasteiger partial charge in [0.1, 0.15) is 12.1 Å². The van der Waals surface area contributed by atoms with Crippen LogP contribution < -0.4 is 5.32 Å². The minimum Gasteiger partial charge on any atom is -0.381 e. The smallest absolute Gasteiger partial charge is 0.179 e. The molecule has 3 heterocycles. The molecular weight excluding hydrogens is 314 g/mol. The zero-order valence-corrected chi connectivity index (χ0v) is 13.6. The van der Waals surface area contributed by atoms with Gasteiger partial charge in [0.25, 0.3) is 0 Å². The van der Waals surface area contributed by atoms with Crippen molar-refractivity contribution in [1.82, 2.24) is 9.97 Å². The first-order chi connectivity index (χ1) is 11.1. The van der Waals surface area contributed by atoms with Crippen molar-refractivity contribution in [2.75, 3.05) is 30.8 Å². The minimum atomic E-state index is -3.15. The van der Waals surface area contributed by atoms with E-state index in [9.17, 15) is 8.42 Å². The Morgan fingerprint density at radius 1 is 1.30 bits per heavy atom. The Balaban J connectivity index is 1.71. The van der Waals surface area contributed by atoms with Crippen LogP contribution in [0.25, 0.3) is 10.9 Å². The normalized spacial score (nSPS) is 22.9. The predicted molar refractivity (Wildman–Crippen MR) is 87.3 cm³/mol. The van der Waals surface area contributed by atoms with Crippen LogP contribution in [-0.2, 0) is 21.0 Å². The van der Waals surface area contributed by atoms with Gasteiger partial charge in [-0.05, 0) is 42.9 Å². The summed E-state index contributed by atoms with van der Waals surface area (Å²) in [6, 6.07) is 3.44. The minimum absolute atomic E-state index is 0.173. The Labute approximate surface area is 135 Å². The third kappa shape index (κ3) is 2.68. The van der Waals surface area contributed by atoms with E-state index in [0.717, 1.165) is 54.9 Å². The molecular formula is C16H19N3O3S. The summed E-state index contributed by atoms with van der Waals surface area (Å²) in [5.41, 5.74) is 1.64. The molecule has 0 spiro atoms. The van der Waals surface area contributed by atoms with E-state index in [-0.39, 0.29) is 5.75 Å². The summed E-state index contributed by atoms with van der Waals surface area (Å²) in [7, 11) is -3.15. The van der Waals surface area contributed by atoms with Crippen LogP contribution in [0.1, 0.15) is 18.4 Å². The summed E-state index contributed by atoms with van der Waals surface area (Å²) in [5.74, 6) is 1.37. The van der Waals surface area contributed by atoms with Gasteiger partial charge in [-0.3, -0.25) is 0 Å². The van der Waals surface area contributed by atoms with Gasteiger partial charge in [-0.2, -0.15) is 0 Å². The molecule has 6 nitrogen and oxygen atoms in total. The average Bonchev–Trinajstić information content (AvgIpc) is 2.89. The third-order valence-electron chi connectivity index (χ3n) is 4.64. The zero-order valence-electron chi connectivity index (χ0n) is 12.8. The number of hydrogen-bond donors (Lipinski definition) is 1. The molecule has 0 saturated carbocycles. The standard InChI is InChI=1S/C16H19N3O3S/c20-23(21)7-5-12-14(23)4-3-13-15(12)16(19-10-18-13)17-8-11-2-1-6-22-9-11/h3-4,10-11H,1-2,5-9H2,(H,17,18,19). The second-order valence-electron chi connectivity index (χ2n) is 6.19. The molecule has 0 radical (unpaired) electrons. The average molecular weight is 333 g/mol. The quantitative estimate of drug-likeness (QED) is 0.922. The van der Waals surface area contributed by atoms with E-state index < -0.39 is 9.84 Å². The summed E-state index contributed by atoms with van der Waals surface area (Å²) in [4.78, 5) is 9.08. The van der Waals surface area contributed by atoms with E-state index in [4.69, 9.17) is 4.74 Å². The van der Waals surface area contributed by atoms with E-state index in [2.05, 4.69) is 15.3 Å². The second kappa shape index (κ2) is 5.72.